The van der Waals surface area contributed by atoms with Crippen LogP contribution in [0.2, 0.25) is 0 Å². The number of rotatable bonds is 6. The Labute approximate surface area is 175 Å². The molecule has 0 unspecified atom stereocenters. The quantitative estimate of drug-likeness (QED) is 0.665. The summed E-state index contributed by atoms with van der Waals surface area (Å²) >= 11 is 0. The van der Waals surface area contributed by atoms with Crippen molar-refractivity contribution in [1.82, 2.24) is 25.2 Å². The van der Waals surface area contributed by atoms with Crippen LogP contribution < -0.4 is 10.2 Å². The van der Waals surface area contributed by atoms with Gasteiger partial charge in [0.15, 0.2) is 11.6 Å². The van der Waals surface area contributed by atoms with E-state index in [9.17, 15) is 4.79 Å². The van der Waals surface area contributed by atoms with Crippen LogP contribution in [-0.4, -0.2) is 57.3 Å². The minimum atomic E-state index is 0.164. The Bertz CT molecular complexity index is 961. The number of amides is 1. The third kappa shape index (κ3) is 4.56. The zero-order valence-electron chi connectivity index (χ0n) is 17.2. The highest BCUT2D eigenvalue weighted by molar-refractivity contribution is 5.76. The third-order valence-electron chi connectivity index (χ3n) is 5.31. The van der Waals surface area contributed by atoms with Gasteiger partial charge in [-0.25, -0.2) is 0 Å². The van der Waals surface area contributed by atoms with Crippen LogP contribution in [0.25, 0.3) is 0 Å². The molecule has 3 aromatic rings. The van der Waals surface area contributed by atoms with Gasteiger partial charge in [0.2, 0.25) is 5.91 Å². The summed E-state index contributed by atoms with van der Waals surface area (Å²) < 4.78 is 5.18. The van der Waals surface area contributed by atoms with Crippen molar-refractivity contribution in [1.29, 1.82) is 0 Å². The van der Waals surface area contributed by atoms with Crippen LogP contribution in [0.15, 0.2) is 41.2 Å². The van der Waals surface area contributed by atoms with E-state index in [0.29, 0.717) is 31.7 Å². The molecule has 0 atom stereocenters. The van der Waals surface area contributed by atoms with E-state index in [1.807, 2.05) is 43.0 Å². The molecule has 30 heavy (non-hydrogen) atoms. The predicted molar refractivity (Wildman–Crippen MR) is 113 cm³/mol. The molecule has 1 amide bonds. The second-order valence-corrected chi connectivity index (χ2v) is 7.31. The van der Waals surface area contributed by atoms with Crippen molar-refractivity contribution in [3.8, 4) is 0 Å². The summed E-state index contributed by atoms with van der Waals surface area (Å²) in [5.74, 6) is 2.44. The number of piperazine rings is 1. The SMILES string of the molecule is Cc1noc(C)c1CCC(=O)N1CCN(c2ccc(Nc3cccnc3)nn2)CC1. The molecule has 4 rings (SSSR count). The molecule has 1 saturated heterocycles. The van der Waals surface area contributed by atoms with Gasteiger partial charge in [-0.1, -0.05) is 5.16 Å². The highest BCUT2D eigenvalue weighted by atomic mass is 16.5. The van der Waals surface area contributed by atoms with Crippen LogP contribution >= 0.6 is 0 Å². The lowest BCUT2D eigenvalue weighted by molar-refractivity contribution is -0.131. The van der Waals surface area contributed by atoms with Crippen molar-refractivity contribution >= 4 is 23.2 Å². The molecule has 1 fully saturated rings. The number of aryl methyl sites for hydroxylation is 2. The molecular formula is C21H25N7O2. The molecule has 0 aliphatic carbocycles. The maximum absolute atomic E-state index is 12.6. The van der Waals surface area contributed by atoms with Gasteiger partial charge in [0.05, 0.1) is 17.6 Å². The maximum Gasteiger partial charge on any atom is 0.223 e. The lowest BCUT2D eigenvalue weighted by Gasteiger charge is -2.35. The molecule has 4 heterocycles. The Morgan fingerprint density at radius 2 is 1.97 bits per heavy atom. The second-order valence-electron chi connectivity index (χ2n) is 7.31. The number of nitrogens with zero attached hydrogens (tertiary/aromatic N) is 6. The molecule has 0 saturated carbocycles. The zero-order chi connectivity index (χ0) is 20.9. The first kappa shape index (κ1) is 19.8. The van der Waals surface area contributed by atoms with Crippen molar-refractivity contribution in [2.45, 2.75) is 26.7 Å². The minimum absolute atomic E-state index is 0.164. The first-order chi connectivity index (χ1) is 14.6. The smallest absolute Gasteiger partial charge is 0.223 e. The highest BCUT2D eigenvalue weighted by Crippen LogP contribution is 2.18. The summed E-state index contributed by atoms with van der Waals surface area (Å²) in [6.07, 6.45) is 4.59. The molecule has 1 N–H and O–H groups in total. The van der Waals surface area contributed by atoms with Crippen molar-refractivity contribution in [3.05, 3.63) is 53.7 Å². The van der Waals surface area contributed by atoms with Gasteiger partial charge in [0.25, 0.3) is 0 Å². The third-order valence-corrected chi connectivity index (χ3v) is 5.31. The number of aromatic nitrogens is 4. The summed E-state index contributed by atoms with van der Waals surface area (Å²) in [5.41, 5.74) is 2.77. The summed E-state index contributed by atoms with van der Waals surface area (Å²) in [6, 6.07) is 7.63. The molecule has 0 radical (unpaired) electrons. The monoisotopic (exact) mass is 407 g/mol. The van der Waals surface area contributed by atoms with Crippen LogP contribution in [0.4, 0.5) is 17.3 Å². The highest BCUT2D eigenvalue weighted by Gasteiger charge is 2.22. The van der Waals surface area contributed by atoms with E-state index in [4.69, 9.17) is 4.52 Å². The number of hydrogen-bond acceptors (Lipinski definition) is 8. The average Bonchev–Trinajstić information content (AvgIpc) is 3.11. The van der Waals surface area contributed by atoms with Gasteiger partial charge in [-0.05, 0) is 44.5 Å². The molecule has 3 aromatic heterocycles. The molecule has 1 aliphatic rings. The summed E-state index contributed by atoms with van der Waals surface area (Å²) in [6.45, 7) is 6.63. The van der Waals surface area contributed by atoms with E-state index in [2.05, 4.69) is 30.6 Å². The van der Waals surface area contributed by atoms with Crippen LogP contribution in [0, 0.1) is 13.8 Å². The Hall–Kier alpha value is -3.49. The van der Waals surface area contributed by atoms with E-state index in [0.717, 1.165) is 41.6 Å². The van der Waals surface area contributed by atoms with Crippen molar-refractivity contribution in [2.24, 2.45) is 0 Å². The Morgan fingerprint density at radius 1 is 1.13 bits per heavy atom. The zero-order valence-corrected chi connectivity index (χ0v) is 17.2. The fourth-order valence-corrected chi connectivity index (χ4v) is 3.58. The van der Waals surface area contributed by atoms with Crippen LogP contribution in [0.3, 0.4) is 0 Å². The maximum atomic E-state index is 12.6. The number of carbonyl (C=O) groups is 1. The summed E-state index contributed by atoms with van der Waals surface area (Å²) in [5, 5.41) is 15.7. The van der Waals surface area contributed by atoms with Gasteiger partial charge in [0.1, 0.15) is 5.76 Å². The van der Waals surface area contributed by atoms with Gasteiger partial charge >= 0.3 is 0 Å². The molecule has 0 spiro atoms. The molecule has 0 bridgehead atoms. The van der Waals surface area contributed by atoms with Gasteiger partial charge in [-0.3, -0.25) is 9.78 Å². The fourth-order valence-electron chi connectivity index (χ4n) is 3.58. The molecule has 9 nitrogen and oxygen atoms in total. The van der Waals surface area contributed by atoms with E-state index in [1.54, 1.807) is 12.4 Å². The predicted octanol–water partition coefficient (Wildman–Crippen LogP) is 2.50. The topological polar surface area (TPSA) is 100 Å². The second kappa shape index (κ2) is 8.89. The fraction of sp³-hybridized carbons (Fsp3) is 0.381. The molecule has 9 heteroatoms. The molecular weight excluding hydrogens is 382 g/mol. The first-order valence-electron chi connectivity index (χ1n) is 10.1. The molecule has 1 aliphatic heterocycles. The van der Waals surface area contributed by atoms with Gasteiger partial charge in [-0.15, -0.1) is 10.2 Å². The first-order valence-corrected chi connectivity index (χ1v) is 10.1. The van der Waals surface area contributed by atoms with E-state index in [1.165, 1.54) is 0 Å². The van der Waals surface area contributed by atoms with E-state index >= 15 is 0 Å². The standard InChI is InChI=1S/C21H25N7O2/c1-15-18(16(2)30-26-15)5-8-21(29)28-12-10-27(11-13-28)20-7-6-19(24-25-20)23-17-4-3-9-22-14-17/h3-4,6-7,9,14H,5,8,10-13H2,1-2H3,(H,23,24). The van der Waals surface area contributed by atoms with Gasteiger partial charge < -0.3 is 19.6 Å². The lowest BCUT2D eigenvalue weighted by atomic mass is 10.1. The average molecular weight is 407 g/mol. The van der Waals surface area contributed by atoms with Crippen LogP contribution in [-0.2, 0) is 11.2 Å². The van der Waals surface area contributed by atoms with E-state index in [-0.39, 0.29) is 5.91 Å². The molecule has 156 valence electrons. The summed E-state index contributed by atoms with van der Waals surface area (Å²) in [7, 11) is 0. The van der Waals surface area contributed by atoms with Crippen molar-refractivity contribution < 1.29 is 9.32 Å². The Balaban J connectivity index is 1.27. The Morgan fingerprint density at radius 3 is 2.60 bits per heavy atom. The summed E-state index contributed by atoms with van der Waals surface area (Å²) in [4.78, 5) is 20.7. The largest absolute Gasteiger partial charge is 0.361 e. The Kier molecular flexibility index (Phi) is 5.87. The minimum Gasteiger partial charge on any atom is -0.361 e. The van der Waals surface area contributed by atoms with Crippen molar-refractivity contribution in [3.63, 3.8) is 0 Å². The lowest BCUT2D eigenvalue weighted by Crippen LogP contribution is -2.49. The van der Waals surface area contributed by atoms with Crippen LogP contribution in [0.1, 0.15) is 23.4 Å². The van der Waals surface area contributed by atoms with Crippen LogP contribution in [0.5, 0.6) is 0 Å². The van der Waals surface area contributed by atoms with Crippen molar-refractivity contribution in [2.75, 3.05) is 36.4 Å². The number of hydrogen-bond donors (Lipinski definition) is 1. The number of carbonyl (C=O) groups excluding carboxylic acids is 1. The number of anilines is 3. The number of nitrogens with one attached hydrogen (secondary N) is 1. The normalized spacial score (nSPS) is 14.1. The van der Waals surface area contributed by atoms with Gasteiger partial charge in [0, 0.05) is 44.4 Å². The van der Waals surface area contributed by atoms with E-state index < -0.39 is 0 Å². The number of pyridine rings is 1. The van der Waals surface area contributed by atoms with Gasteiger partial charge in [-0.2, -0.15) is 0 Å². The molecule has 0 aromatic carbocycles.